The molecule has 3 aromatic rings. The molecule has 0 aliphatic carbocycles. The summed E-state index contributed by atoms with van der Waals surface area (Å²) in [4.78, 5) is 25.0. The van der Waals surface area contributed by atoms with E-state index in [-0.39, 0.29) is 12.1 Å². The highest BCUT2D eigenvalue weighted by Crippen LogP contribution is 2.20. The van der Waals surface area contributed by atoms with Crippen LogP contribution in [0, 0.1) is 0 Å². The topological polar surface area (TPSA) is 84.7 Å². The molecule has 0 aliphatic heterocycles. The second-order valence-corrected chi connectivity index (χ2v) is 5.99. The third-order valence-electron chi connectivity index (χ3n) is 3.97. The molecule has 1 aromatic carbocycles. The Labute approximate surface area is 146 Å². The highest BCUT2D eigenvalue weighted by atomic mass is 16.2. The zero-order valence-electron chi connectivity index (χ0n) is 14.4. The number of anilines is 1. The first-order valence-corrected chi connectivity index (χ1v) is 8.50. The highest BCUT2D eigenvalue weighted by molar-refractivity contribution is 5.96. The Morgan fingerprint density at radius 2 is 2.00 bits per heavy atom. The minimum Gasteiger partial charge on any atom is -0.335 e. The van der Waals surface area contributed by atoms with Crippen molar-refractivity contribution in [1.82, 2.24) is 24.8 Å². The fourth-order valence-electron chi connectivity index (χ4n) is 2.65. The Balaban J connectivity index is 1.79. The van der Waals surface area contributed by atoms with E-state index in [1.807, 2.05) is 41.8 Å². The largest absolute Gasteiger partial charge is 0.335 e. The Bertz CT molecular complexity index is 845. The van der Waals surface area contributed by atoms with Crippen molar-refractivity contribution in [3.05, 3.63) is 43.0 Å². The maximum atomic E-state index is 12.2. The fraction of sp³-hybridized carbons (Fsp3) is 0.333. The number of benzene rings is 1. The fourth-order valence-corrected chi connectivity index (χ4v) is 2.65. The van der Waals surface area contributed by atoms with E-state index < -0.39 is 0 Å². The maximum Gasteiger partial charge on any atom is 0.320 e. The van der Waals surface area contributed by atoms with Crippen LogP contribution in [0.4, 0.5) is 10.6 Å². The molecule has 2 aromatic heterocycles. The molecular weight excluding hydrogens is 316 g/mol. The Morgan fingerprint density at radius 1 is 1.20 bits per heavy atom. The van der Waals surface area contributed by atoms with E-state index in [1.54, 1.807) is 6.33 Å². The summed E-state index contributed by atoms with van der Waals surface area (Å²) in [6.07, 6.45) is 6.25. The van der Waals surface area contributed by atoms with Crippen molar-refractivity contribution in [3.8, 4) is 5.69 Å². The second kappa shape index (κ2) is 7.74. The van der Waals surface area contributed by atoms with Crippen molar-refractivity contribution < 1.29 is 4.79 Å². The van der Waals surface area contributed by atoms with Crippen LogP contribution < -0.4 is 10.6 Å². The standard InChI is InChI=1S/C18H22N6O/c1-3-4-8-13(2)22-18(25)23-16-15-17(20-11-19-16)24(12-21-15)14-9-6-5-7-10-14/h5-7,9-13H,3-4,8H2,1-2H3,(H2,19,20,22,23,25). The molecule has 3 rings (SSSR count). The van der Waals surface area contributed by atoms with Crippen LogP contribution in [0.2, 0.25) is 0 Å². The number of imidazole rings is 1. The molecule has 0 saturated heterocycles. The quantitative estimate of drug-likeness (QED) is 0.720. The van der Waals surface area contributed by atoms with Crippen molar-refractivity contribution in [3.63, 3.8) is 0 Å². The van der Waals surface area contributed by atoms with Crippen molar-refractivity contribution in [2.24, 2.45) is 0 Å². The summed E-state index contributed by atoms with van der Waals surface area (Å²) in [5.74, 6) is 0.403. The second-order valence-electron chi connectivity index (χ2n) is 5.99. The van der Waals surface area contributed by atoms with Crippen LogP contribution in [0.3, 0.4) is 0 Å². The van der Waals surface area contributed by atoms with Crippen LogP contribution in [0.5, 0.6) is 0 Å². The minimum absolute atomic E-state index is 0.110. The van der Waals surface area contributed by atoms with E-state index in [1.165, 1.54) is 6.33 Å². The molecule has 0 fully saturated rings. The molecule has 7 heteroatoms. The summed E-state index contributed by atoms with van der Waals surface area (Å²) in [5.41, 5.74) is 2.16. The number of rotatable bonds is 6. The molecule has 2 heterocycles. The first-order chi connectivity index (χ1) is 12.2. The molecule has 0 spiro atoms. The van der Waals surface area contributed by atoms with Crippen molar-refractivity contribution >= 4 is 23.0 Å². The number of para-hydroxylation sites is 1. The first kappa shape index (κ1) is 16.9. The molecule has 2 amide bonds. The van der Waals surface area contributed by atoms with Gasteiger partial charge in [0.15, 0.2) is 17.0 Å². The number of nitrogens with zero attached hydrogens (tertiary/aromatic N) is 4. The SMILES string of the molecule is CCCCC(C)NC(=O)Nc1ncnc2c1ncn2-c1ccccc1. The molecule has 0 saturated carbocycles. The molecule has 1 unspecified atom stereocenters. The van der Waals surface area contributed by atoms with E-state index in [4.69, 9.17) is 0 Å². The van der Waals surface area contributed by atoms with Crippen molar-refractivity contribution in [1.29, 1.82) is 0 Å². The maximum absolute atomic E-state index is 12.2. The Morgan fingerprint density at radius 3 is 2.76 bits per heavy atom. The van der Waals surface area contributed by atoms with E-state index >= 15 is 0 Å². The van der Waals surface area contributed by atoms with Gasteiger partial charge >= 0.3 is 6.03 Å². The summed E-state index contributed by atoms with van der Waals surface area (Å²) in [6.45, 7) is 4.13. The summed E-state index contributed by atoms with van der Waals surface area (Å²) < 4.78 is 1.87. The number of carbonyl (C=O) groups excluding carboxylic acids is 1. The molecule has 130 valence electrons. The lowest BCUT2D eigenvalue weighted by Gasteiger charge is -2.13. The average molecular weight is 338 g/mol. The van der Waals surface area contributed by atoms with Gasteiger partial charge in [0, 0.05) is 11.7 Å². The Hall–Kier alpha value is -2.96. The monoisotopic (exact) mass is 338 g/mol. The predicted molar refractivity (Wildman–Crippen MR) is 97.8 cm³/mol. The lowest BCUT2D eigenvalue weighted by molar-refractivity contribution is 0.248. The van der Waals surface area contributed by atoms with Gasteiger partial charge in [0.1, 0.15) is 12.7 Å². The van der Waals surface area contributed by atoms with Crippen molar-refractivity contribution in [2.45, 2.75) is 39.2 Å². The molecule has 1 atom stereocenters. The highest BCUT2D eigenvalue weighted by Gasteiger charge is 2.14. The summed E-state index contributed by atoms with van der Waals surface area (Å²) >= 11 is 0. The van der Waals surface area contributed by atoms with Gasteiger partial charge in [-0.05, 0) is 25.5 Å². The molecule has 25 heavy (non-hydrogen) atoms. The molecule has 0 radical (unpaired) electrons. The van der Waals surface area contributed by atoms with Gasteiger partial charge in [-0.15, -0.1) is 0 Å². The first-order valence-electron chi connectivity index (χ1n) is 8.50. The number of hydrogen-bond acceptors (Lipinski definition) is 4. The smallest absolute Gasteiger partial charge is 0.320 e. The van der Waals surface area contributed by atoms with Crippen LogP contribution in [0.25, 0.3) is 16.9 Å². The zero-order valence-corrected chi connectivity index (χ0v) is 14.4. The number of carbonyl (C=O) groups is 1. The van der Waals surface area contributed by atoms with Gasteiger partial charge in [0.05, 0.1) is 0 Å². The van der Waals surface area contributed by atoms with Gasteiger partial charge in [0.2, 0.25) is 0 Å². The molecule has 0 aliphatic rings. The van der Waals surface area contributed by atoms with Crippen molar-refractivity contribution in [2.75, 3.05) is 5.32 Å². The van der Waals surface area contributed by atoms with Crippen LogP contribution in [-0.4, -0.2) is 31.6 Å². The summed E-state index contributed by atoms with van der Waals surface area (Å²) in [6, 6.07) is 9.63. The molecule has 0 bridgehead atoms. The van der Waals surface area contributed by atoms with Gasteiger partial charge < -0.3 is 5.32 Å². The predicted octanol–water partition coefficient (Wildman–Crippen LogP) is 3.52. The van der Waals surface area contributed by atoms with E-state index in [2.05, 4.69) is 32.5 Å². The van der Waals surface area contributed by atoms with E-state index in [9.17, 15) is 4.79 Å². The number of amides is 2. The third-order valence-corrected chi connectivity index (χ3v) is 3.97. The number of nitrogens with one attached hydrogen (secondary N) is 2. The molecule has 7 nitrogen and oxygen atoms in total. The summed E-state index contributed by atoms with van der Waals surface area (Å²) in [7, 11) is 0. The molecular formula is C18H22N6O. The minimum atomic E-state index is -0.280. The number of aromatic nitrogens is 4. The van der Waals surface area contributed by atoms with Gasteiger partial charge in [-0.25, -0.2) is 19.7 Å². The third kappa shape index (κ3) is 3.93. The van der Waals surface area contributed by atoms with Crippen LogP contribution in [0.15, 0.2) is 43.0 Å². The normalized spacial score (nSPS) is 12.1. The number of hydrogen-bond donors (Lipinski definition) is 2. The number of urea groups is 1. The number of fused-ring (bicyclic) bond motifs is 1. The summed E-state index contributed by atoms with van der Waals surface area (Å²) in [5, 5.41) is 5.70. The zero-order chi connectivity index (χ0) is 17.6. The van der Waals surface area contributed by atoms with Crippen LogP contribution in [-0.2, 0) is 0 Å². The Kier molecular flexibility index (Phi) is 5.23. The van der Waals surface area contributed by atoms with Gasteiger partial charge in [-0.3, -0.25) is 9.88 Å². The van der Waals surface area contributed by atoms with Crippen LogP contribution >= 0.6 is 0 Å². The van der Waals surface area contributed by atoms with Crippen LogP contribution in [0.1, 0.15) is 33.1 Å². The average Bonchev–Trinajstić information content (AvgIpc) is 3.06. The van der Waals surface area contributed by atoms with Gasteiger partial charge in [0.25, 0.3) is 0 Å². The van der Waals surface area contributed by atoms with E-state index in [0.29, 0.717) is 17.0 Å². The molecule has 2 N–H and O–H groups in total. The lowest BCUT2D eigenvalue weighted by atomic mass is 10.1. The van der Waals surface area contributed by atoms with Gasteiger partial charge in [-0.2, -0.15) is 0 Å². The van der Waals surface area contributed by atoms with E-state index in [0.717, 1.165) is 24.9 Å². The number of unbranched alkanes of at least 4 members (excludes halogenated alkanes) is 1. The lowest BCUT2D eigenvalue weighted by Crippen LogP contribution is -2.36. The van der Waals surface area contributed by atoms with Gasteiger partial charge in [-0.1, -0.05) is 38.0 Å².